The van der Waals surface area contributed by atoms with Crippen LogP contribution in [0, 0.1) is 21.4 Å². The van der Waals surface area contributed by atoms with Crippen molar-refractivity contribution in [2.45, 2.75) is 37.6 Å². The van der Waals surface area contributed by atoms with E-state index < -0.39 is 4.92 Å². The Balaban J connectivity index is 2.25. The Hall–Kier alpha value is -2.13. The molecule has 106 valence electrons. The van der Waals surface area contributed by atoms with E-state index in [4.69, 9.17) is 5.26 Å². The van der Waals surface area contributed by atoms with Crippen molar-refractivity contribution in [2.24, 2.45) is 0 Å². The summed E-state index contributed by atoms with van der Waals surface area (Å²) in [5.41, 5.74) is 0.105. The molecule has 0 radical (unpaired) electrons. The first-order valence-electron chi connectivity index (χ1n) is 6.68. The highest BCUT2D eigenvalue weighted by Gasteiger charge is 2.31. The molecule has 20 heavy (non-hydrogen) atoms. The molecule has 0 aliphatic heterocycles. The van der Waals surface area contributed by atoms with E-state index in [0.29, 0.717) is 5.69 Å². The van der Waals surface area contributed by atoms with Gasteiger partial charge in [-0.1, -0.05) is 19.3 Å². The number of nitro benzene ring substituents is 1. The Kier molecular flexibility index (Phi) is 4.20. The first kappa shape index (κ1) is 14.3. The fourth-order valence-electron chi connectivity index (χ4n) is 2.72. The minimum Gasteiger partial charge on any atom is -0.394 e. The molecule has 6 nitrogen and oxygen atoms in total. The maximum absolute atomic E-state index is 10.8. The standard InChI is InChI=1S/C14H17N3O3/c15-9-11-8-12(4-5-13(11)17(19)20)16-14(10-18)6-2-1-3-7-14/h4-5,8,16,18H,1-3,6-7,10H2. The summed E-state index contributed by atoms with van der Waals surface area (Å²) in [5, 5.41) is 32.7. The SMILES string of the molecule is N#Cc1cc(NC2(CO)CCCCC2)ccc1[N+](=O)[O-]. The largest absolute Gasteiger partial charge is 0.394 e. The van der Waals surface area contributed by atoms with Gasteiger partial charge in [0.2, 0.25) is 0 Å². The lowest BCUT2D eigenvalue weighted by atomic mass is 9.82. The molecule has 0 atom stereocenters. The smallest absolute Gasteiger partial charge is 0.287 e. The van der Waals surface area contributed by atoms with E-state index in [2.05, 4.69) is 5.32 Å². The Bertz CT molecular complexity index is 545. The summed E-state index contributed by atoms with van der Waals surface area (Å²) in [6, 6.07) is 6.23. The highest BCUT2D eigenvalue weighted by atomic mass is 16.6. The van der Waals surface area contributed by atoms with Crippen LogP contribution in [0.5, 0.6) is 0 Å². The molecule has 0 unspecified atom stereocenters. The predicted octanol–water partition coefficient (Wildman–Crippen LogP) is 2.57. The molecule has 1 aromatic rings. The molecule has 1 aromatic carbocycles. The van der Waals surface area contributed by atoms with Gasteiger partial charge in [0.1, 0.15) is 11.6 Å². The third-order valence-corrected chi connectivity index (χ3v) is 3.84. The average molecular weight is 275 g/mol. The van der Waals surface area contributed by atoms with E-state index in [1.165, 1.54) is 12.1 Å². The van der Waals surface area contributed by atoms with Gasteiger partial charge in [-0.15, -0.1) is 0 Å². The Labute approximate surface area is 117 Å². The highest BCUT2D eigenvalue weighted by molar-refractivity contribution is 5.59. The van der Waals surface area contributed by atoms with Gasteiger partial charge < -0.3 is 10.4 Å². The van der Waals surface area contributed by atoms with Crippen LogP contribution in [0.25, 0.3) is 0 Å². The normalized spacial score (nSPS) is 17.2. The molecule has 1 aliphatic rings. The van der Waals surface area contributed by atoms with Crippen molar-refractivity contribution in [3.63, 3.8) is 0 Å². The van der Waals surface area contributed by atoms with Crippen LogP contribution < -0.4 is 5.32 Å². The number of nitrogens with one attached hydrogen (secondary N) is 1. The van der Waals surface area contributed by atoms with Gasteiger partial charge in [-0.3, -0.25) is 10.1 Å². The van der Waals surface area contributed by atoms with Crippen LogP contribution in [0.1, 0.15) is 37.7 Å². The van der Waals surface area contributed by atoms with Crippen molar-refractivity contribution in [1.29, 1.82) is 5.26 Å². The van der Waals surface area contributed by atoms with Gasteiger partial charge in [-0.2, -0.15) is 5.26 Å². The number of aliphatic hydroxyl groups is 1. The van der Waals surface area contributed by atoms with Crippen molar-refractivity contribution >= 4 is 11.4 Å². The van der Waals surface area contributed by atoms with Gasteiger partial charge in [0.15, 0.2) is 0 Å². The topological polar surface area (TPSA) is 99.2 Å². The number of benzene rings is 1. The molecule has 2 N–H and O–H groups in total. The number of hydrogen-bond donors (Lipinski definition) is 2. The minimum atomic E-state index is -0.565. The summed E-state index contributed by atoms with van der Waals surface area (Å²) >= 11 is 0. The van der Waals surface area contributed by atoms with Crippen LogP contribution in [0.2, 0.25) is 0 Å². The molecular weight excluding hydrogens is 258 g/mol. The lowest BCUT2D eigenvalue weighted by Crippen LogP contribution is -2.43. The molecule has 0 spiro atoms. The number of nitriles is 1. The van der Waals surface area contributed by atoms with Gasteiger partial charge in [0, 0.05) is 11.8 Å². The monoisotopic (exact) mass is 275 g/mol. The van der Waals surface area contributed by atoms with E-state index in [1.54, 1.807) is 6.07 Å². The number of rotatable bonds is 4. The van der Waals surface area contributed by atoms with E-state index in [1.807, 2.05) is 6.07 Å². The second-order valence-electron chi connectivity index (χ2n) is 5.22. The van der Waals surface area contributed by atoms with E-state index >= 15 is 0 Å². The molecular formula is C14H17N3O3. The number of nitro groups is 1. The van der Waals surface area contributed by atoms with Gasteiger partial charge in [0.05, 0.1) is 17.1 Å². The van der Waals surface area contributed by atoms with Crippen LogP contribution in [-0.2, 0) is 0 Å². The maximum Gasteiger partial charge on any atom is 0.287 e. The maximum atomic E-state index is 10.8. The van der Waals surface area contributed by atoms with Crippen LogP contribution in [0.15, 0.2) is 18.2 Å². The Morgan fingerprint density at radius 1 is 1.40 bits per heavy atom. The summed E-state index contributed by atoms with van der Waals surface area (Å²) in [6.45, 7) is 0.0197. The van der Waals surface area contributed by atoms with E-state index in [-0.39, 0.29) is 23.4 Å². The van der Waals surface area contributed by atoms with Crippen LogP contribution in [0.4, 0.5) is 11.4 Å². The molecule has 1 saturated carbocycles. The fraction of sp³-hybridized carbons (Fsp3) is 0.500. The second kappa shape index (κ2) is 5.88. The zero-order valence-corrected chi connectivity index (χ0v) is 11.1. The zero-order chi connectivity index (χ0) is 14.6. The average Bonchev–Trinajstić information content (AvgIpc) is 2.47. The van der Waals surface area contributed by atoms with Crippen LogP contribution in [-0.4, -0.2) is 22.2 Å². The molecule has 0 bridgehead atoms. The van der Waals surface area contributed by atoms with Crippen molar-refractivity contribution in [2.75, 3.05) is 11.9 Å². The third kappa shape index (κ3) is 2.89. The number of aliphatic hydroxyl groups excluding tert-OH is 1. The molecule has 0 aromatic heterocycles. The molecule has 0 saturated heterocycles. The van der Waals surface area contributed by atoms with Gasteiger partial charge >= 0.3 is 0 Å². The fourth-order valence-corrected chi connectivity index (χ4v) is 2.72. The number of nitrogens with zero attached hydrogens (tertiary/aromatic N) is 2. The summed E-state index contributed by atoms with van der Waals surface area (Å²) in [5.74, 6) is 0. The summed E-state index contributed by atoms with van der Waals surface area (Å²) in [4.78, 5) is 10.2. The first-order chi connectivity index (χ1) is 9.60. The molecule has 0 amide bonds. The van der Waals surface area contributed by atoms with Crippen molar-refractivity contribution in [1.82, 2.24) is 0 Å². The third-order valence-electron chi connectivity index (χ3n) is 3.84. The molecule has 0 heterocycles. The summed E-state index contributed by atoms with van der Waals surface area (Å²) in [7, 11) is 0. The second-order valence-corrected chi connectivity index (χ2v) is 5.22. The predicted molar refractivity (Wildman–Crippen MR) is 74.3 cm³/mol. The Morgan fingerprint density at radius 2 is 2.10 bits per heavy atom. The van der Waals surface area contributed by atoms with Crippen molar-refractivity contribution in [3.05, 3.63) is 33.9 Å². The molecule has 1 fully saturated rings. The molecule has 2 rings (SSSR count). The van der Waals surface area contributed by atoms with Gasteiger partial charge in [-0.25, -0.2) is 0 Å². The number of hydrogen-bond acceptors (Lipinski definition) is 5. The lowest BCUT2D eigenvalue weighted by Gasteiger charge is -2.37. The molecule has 6 heteroatoms. The summed E-state index contributed by atoms with van der Waals surface area (Å²) in [6.07, 6.45) is 4.98. The van der Waals surface area contributed by atoms with E-state index in [9.17, 15) is 15.2 Å². The van der Waals surface area contributed by atoms with Gasteiger partial charge in [0.25, 0.3) is 5.69 Å². The van der Waals surface area contributed by atoms with Gasteiger partial charge in [-0.05, 0) is 25.0 Å². The van der Waals surface area contributed by atoms with Crippen molar-refractivity contribution in [3.8, 4) is 6.07 Å². The highest BCUT2D eigenvalue weighted by Crippen LogP contribution is 2.32. The van der Waals surface area contributed by atoms with Crippen LogP contribution >= 0.6 is 0 Å². The van der Waals surface area contributed by atoms with Crippen molar-refractivity contribution < 1.29 is 10.0 Å². The zero-order valence-electron chi connectivity index (χ0n) is 11.1. The van der Waals surface area contributed by atoms with Crippen LogP contribution in [0.3, 0.4) is 0 Å². The Morgan fingerprint density at radius 3 is 2.65 bits per heavy atom. The first-order valence-corrected chi connectivity index (χ1v) is 6.68. The quantitative estimate of drug-likeness (QED) is 0.650. The minimum absolute atomic E-state index is 0.0197. The number of anilines is 1. The molecule has 1 aliphatic carbocycles. The van der Waals surface area contributed by atoms with E-state index in [0.717, 1.165) is 32.1 Å². The lowest BCUT2D eigenvalue weighted by molar-refractivity contribution is -0.385. The summed E-state index contributed by atoms with van der Waals surface area (Å²) < 4.78 is 0.